The van der Waals surface area contributed by atoms with E-state index in [2.05, 4.69) is 10.6 Å². The van der Waals surface area contributed by atoms with Gasteiger partial charge in [0, 0.05) is 13.0 Å². The highest BCUT2D eigenvalue weighted by Crippen LogP contribution is 2.20. The molecule has 5 amide bonds. The van der Waals surface area contributed by atoms with E-state index in [4.69, 9.17) is 22.3 Å². The van der Waals surface area contributed by atoms with Gasteiger partial charge in [0.2, 0.25) is 29.5 Å². The van der Waals surface area contributed by atoms with E-state index in [1.54, 1.807) is 0 Å². The van der Waals surface area contributed by atoms with Crippen molar-refractivity contribution in [3.63, 3.8) is 0 Å². The molecule has 0 radical (unpaired) electrons. The third kappa shape index (κ3) is 7.77. The van der Waals surface area contributed by atoms with E-state index in [1.807, 2.05) is 0 Å². The number of nitrogens with zero attached hydrogens (tertiary/aromatic N) is 1. The number of carbonyl (C=O) groups is 6. The predicted octanol–water partition coefficient (Wildman–Crippen LogP) is -4.12. The van der Waals surface area contributed by atoms with Crippen molar-refractivity contribution in [1.82, 2.24) is 15.5 Å². The maximum atomic E-state index is 13.1. The summed E-state index contributed by atoms with van der Waals surface area (Å²) < 4.78 is 0. The molecule has 1 aliphatic heterocycles. The van der Waals surface area contributed by atoms with Crippen LogP contribution in [0.25, 0.3) is 0 Å². The van der Waals surface area contributed by atoms with Crippen molar-refractivity contribution >= 4 is 35.5 Å². The summed E-state index contributed by atoms with van der Waals surface area (Å²) in [5, 5.41) is 23.2. The van der Waals surface area contributed by atoms with Crippen LogP contribution in [-0.4, -0.2) is 87.4 Å². The summed E-state index contributed by atoms with van der Waals surface area (Å²) >= 11 is 0. The molecule has 0 saturated carbocycles. The van der Waals surface area contributed by atoms with Gasteiger partial charge in [-0.2, -0.15) is 0 Å². The molecule has 0 aromatic heterocycles. The Hall–Kier alpha value is -3.26. The summed E-state index contributed by atoms with van der Waals surface area (Å²) in [4.78, 5) is 72.6. The normalized spacial score (nSPS) is 19.3. The average molecular weight is 458 g/mol. The summed E-state index contributed by atoms with van der Waals surface area (Å²) in [7, 11) is 0. The highest BCUT2D eigenvalue weighted by Gasteiger charge is 2.39. The first-order valence-electron chi connectivity index (χ1n) is 9.99. The first-order valence-corrected chi connectivity index (χ1v) is 9.99. The molecule has 32 heavy (non-hydrogen) atoms. The number of aliphatic hydroxyl groups is 1. The van der Waals surface area contributed by atoms with Gasteiger partial charge in [0.25, 0.3) is 0 Å². The minimum absolute atomic E-state index is 0.135. The molecule has 1 fully saturated rings. The molecule has 1 rings (SSSR count). The summed E-state index contributed by atoms with van der Waals surface area (Å²) in [6.45, 7) is 1.42. The van der Waals surface area contributed by atoms with Gasteiger partial charge in [-0.05, 0) is 26.2 Å². The molecule has 0 spiro atoms. The Kier molecular flexibility index (Phi) is 10.00. The SMILES string of the molecule is CC(O)C(N)C(=O)NC(CCC(N)=O)C(=O)N1CCCC1C(=O)NC(CC(N)=O)C(=O)O. The van der Waals surface area contributed by atoms with Crippen molar-refractivity contribution < 1.29 is 39.0 Å². The minimum atomic E-state index is -1.56. The number of aliphatic carboxylic acids is 1. The summed E-state index contributed by atoms with van der Waals surface area (Å²) in [5.74, 6) is -5.45. The van der Waals surface area contributed by atoms with Crippen molar-refractivity contribution in [3.8, 4) is 0 Å². The van der Waals surface area contributed by atoms with E-state index < -0.39 is 72.2 Å². The molecule has 180 valence electrons. The zero-order chi connectivity index (χ0) is 24.6. The largest absolute Gasteiger partial charge is 0.480 e. The van der Waals surface area contributed by atoms with Gasteiger partial charge in [-0.1, -0.05) is 0 Å². The van der Waals surface area contributed by atoms with Gasteiger partial charge < -0.3 is 42.9 Å². The van der Waals surface area contributed by atoms with Crippen LogP contribution in [0.1, 0.15) is 39.0 Å². The quantitative estimate of drug-likeness (QED) is 0.150. The molecule has 0 aromatic rings. The maximum absolute atomic E-state index is 13.1. The van der Waals surface area contributed by atoms with Crippen LogP contribution in [-0.2, 0) is 28.8 Å². The lowest BCUT2D eigenvalue weighted by molar-refractivity contribution is -0.146. The highest BCUT2D eigenvalue weighted by atomic mass is 16.4. The van der Waals surface area contributed by atoms with Crippen LogP contribution < -0.4 is 27.8 Å². The second-order valence-electron chi connectivity index (χ2n) is 7.59. The average Bonchev–Trinajstić information content (AvgIpc) is 3.18. The zero-order valence-electron chi connectivity index (χ0n) is 17.7. The smallest absolute Gasteiger partial charge is 0.326 e. The van der Waals surface area contributed by atoms with Gasteiger partial charge >= 0.3 is 5.97 Å². The van der Waals surface area contributed by atoms with Crippen molar-refractivity contribution in [2.24, 2.45) is 17.2 Å². The Morgan fingerprint density at radius 1 is 1.06 bits per heavy atom. The standard InChI is InChI=1S/C18H30N6O8/c1-8(25)14(21)16(29)22-9(4-5-12(19)26)17(30)24-6-2-3-11(24)15(28)23-10(18(31)32)7-13(20)27/h8-11,14,25H,2-7,21H2,1H3,(H2,19,26)(H2,20,27)(H,22,29)(H,23,28)(H,31,32). The third-order valence-electron chi connectivity index (χ3n) is 4.97. The molecule has 1 aliphatic rings. The number of aliphatic hydroxyl groups excluding tert-OH is 1. The molecule has 0 aromatic carbocycles. The van der Waals surface area contributed by atoms with Crippen molar-refractivity contribution in [3.05, 3.63) is 0 Å². The zero-order valence-corrected chi connectivity index (χ0v) is 17.7. The Bertz CT molecular complexity index is 758. The van der Waals surface area contributed by atoms with Crippen LogP contribution in [0.15, 0.2) is 0 Å². The molecular formula is C18H30N6O8. The Morgan fingerprint density at radius 2 is 1.69 bits per heavy atom. The number of nitrogens with two attached hydrogens (primary N) is 3. The Morgan fingerprint density at radius 3 is 2.19 bits per heavy atom. The monoisotopic (exact) mass is 458 g/mol. The fraction of sp³-hybridized carbons (Fsp3) is 0.667. The number of nitrogens with one attached hydrogen (secondary N) is 2. The van der Waals surface area contributed by atoms with Crippen LogP contribution in [0.3, 0.4) is 0 Å². The van der Waals surface area contributed by atoms with Crippen molar-refractivity contribution in [1.29, 1.82) is 0 Å². The first kappa shape index (κ1) is 26.8. The highest BCUT2D eigenvalue weighted by molar-refractivity contribution is 5.95. The van der Waals surface area contributed by atoms with Gasteiger partial charge in [-0.3, -0.25) is 24.0 Å². The Balaban J connectivity index is 2.99. The van der Waals surface area contributed by atoms with E-state index in [1.165, 1.54) is 6.92 Å². The van der Waals surface area contributed by atoms with E-state index in [-0.39, 0.29) is 25.8 Å². The topological polar surface area (TPSA) is 248 Å². The van der Waals surface area contributed by atoms with Crippen LogP contribution in [0.2, 0.25) is 0 Å². The van der Waals surface area contributed by atoms with E-state index in [0.29, 0.717) is 6.42 Å². The van der Waals surface area contributed by atoms with Crippen LogP contribution >= 0.6 is 0 Å². The second-order valence-corrected chi connectivity index (χ2v) is 7.59. The van der Waals surface area contributed by atoms with Gasteiger partial charge in [-0.15, -0.1) is 0 Å². The lowest BCUT2D eigenvalue weighted by Crippen LogP contribution is -2.58. The van der Waals surface area contributed by atoms with Crippen molar-refractivity contribution in [2.45, 2.75) is 69.3 Å². The van der Waals surface area contributed by atoms with E-state index in [0.717, 1.165) is 4.90 Å². The van der Waals surface area contributed by atoms with Crippen molar-refractivity contribution in [2.75, 3.05) is 6.54 Å². The number of likely N-dealkylation sites (tertiary alicyclic amines) is 1. The summed E-state index contributed by atoms with van der Waals surface area (Å²) in [6, 6.07) is -5.21. The van der Waals surface area contributed by atoms with Crippen LogP contribution in [0.4, 0.5) is 0 Å². The lowest BCUT2D eigenvalue weighted by Gasteiger charge is -2.30. The summed E-state index contributed by atoms with van der Waals surface area (Å²) in [6.07, 6.45) is -1.62. The van der Waals surface area contributed by atoms with E-state index >= 15 is 0 Å². The van der Waals surface area contributed by atoms with Crippen LogP contribution in [0, 0.1) is 0 Å². The maximum Gasteiger partial charge on any atom is 0.326 e. The van der Waals surface area contributed by atoms with Crippen LogP contribution in [0.5, 0.6) is 0 Å². The number of rotatable bonds is 12. The van der Waals surface area contributed by atoms with Gasteiger partial charge in [0.05, 0.1) is 12.5 Å². The van der Waals surface area contributed by atoms with Gasteiger partial charge in [-0.25, -0.2) is 4.79 Å². The molecule has 14 nitrogen and oxygen atoms in total. The third-order valence-corrected chi connectivity index (χ3v) is 4.97. The molecule has 1 heterocycles. The molecule has 5 atom stereocenters. The summed E-state index contributed by atoms with van der Waals surface area (Å²) in [5.41, 5.74) is 15.7. The molecule has 10 N–H and O–H groups in total. The second kappa shape index (κ2) is 12.0. The molecule has 0 aliphatic carbocycles. The Labute approximate surface area is 183 Å². The molecule has 14 heteroatoms. The minimum Gasteiger partial charge on any atom is -0.480 e. The molecule has 5 unspecified atom stereocenters. The molecule has 0 bridgehead atoms. The number of hydrogen-bond donors (Lipinski definition) is 7. The molecule has 1 saturated heterocycles. The number of carboxylic acids is 1. The predicted molar refractivity (Wildman–Crippen MR) is 108 cm³/mol. The number of primary amides is 2. The lowest BCUT2D eigenvalue weighted by atomic mass is 10.1. The fourth-order valence-electron chi connectivity index (χ4n) is 3.20. The van der Waals surface area contributed by atoms with Gasteiger partial charge in [0.15, 0.2) is 0 Å². The van der Waals surface area contributed by atoms with E-state index in [9.17, 15) is 33.9 Å². The van der Waals surface area contributed by atoms with Gasteiger partial charge in [0.1, 0.15) is 24.2 Å². The fourth-order valence-corrected chi connectivity index (χ4v) is 3.20. The first-order chi connectivity index (χ1) is 14.8. The number of hydrogen-bond acceptors (Lipinski definition) is 8. The molecular weight excluding hydrogens is 428 g/mol. The number of amides is 5. The number of carboxylic acid groups (broad SMARTS) is 1. The number of carbonyl (C=O) groups excluding carboxylic acids is 5.